The van der Waals surface area contributed by atoms with Crippen molar-refractivity contribution in [3.8, 4) is 0 Å². The molecule has 1 saturated heterocycles. The van der Waals surface area contributed by atoms with Gasteiger partial charge in [0.2, 0.25) is 10.0 Å². The van der Waals surface area contributed by atoms with Gasteiger partial charge in [0.25, 0.3) is 0 Å². The fourth-order valence-electron chi connectivity index (χ4n) is 2.98. The van der Waals surface area contributed by atoms with Crippen molar-refractivity contribution >= 4 is 40.0 Å². The van der Waals surface area contributed by atoms with Crippen molar-refractivity contribution in [1.29, 1.82) is 0 Å². The quantitative estimate of drug-likeness (QED) is 0.262. The van der Waals surface area contributed by atoms with Crippen LogP contribution < -0.4 is 15.4 Å². The number of guanidine groups is 1. The molecule has 1 heterocycles. The van der Waals surface area contributed by atoms with Crippen LogP contribution in [0.4, 0.5) is 0 Å². The van der Waals surface area contributed by atoms with Crippen LogP contribution in [0.15, 0.2) is 29.3 Å². The first-order valence-corrected chi connectivity index (χ1v) is 11.3. The smallest absolute Gasteiger partial charge is 0.216 e. The summed E-state index contributed by atoms with van der Waals surface area (Å²) in [5.74, 6) is 0.669. The molecule has 1 aromatic rings. The van der Waals surface area contributed by atoms with Crippen LogP contribution in [0, 0.1) is 0 Å². The highest BCUT2D eigenvalue weighted by molar-refractivity contribution is 14.0. The Kier molecular flexibility index (Phi) is 11.3. The number of halogens is 1. The minimum atomic E-state index is -3.37. The molecule has 1 unspecified atom stereocenters. The van der Waals surface area contributed by atoms with Gasteiger partial charge in [-0.15, -0.1) is 24.0 Å². The van der Waals surface area contributed by atoms with Gasteiger partial charge in [-0.05, 0) is 44.7 Å². The average Bonchev–Trinajstić information content (AvgIpc) is 3.10. The molecule has 0 spiro atoms. The van der Waals surface area contributed by atoms with E-state index in [0.29, 0.717) is 12.5 Å². The third kappa shape index (κ3) is 9.06. The Morgan fingerprint density at radius 3 is 2.57 bits per heavy atom. The maximum Gasteiger partial charge on any atom is 0.216 e. The van der Waals surface area contributed by atoms with Crippen molar-refractivity contribution in [2.45, 2.75) is 58.1 Å². The second kappa shape index (κ2) is 12.6. The summed E-state index contributed by atoms with van der Waals surface area (Å²) in [6.45, 7) is 8.36. The highest BCUT2D eigenvalue weighted by Gasteiger charge is 2.16. The number of benzene rings is 1. The molecule has 1 aromatic carbocycles. The first-order valence-electron chi connectivity index (χ1n) is 9.60. The van der Waals surface area contributed by atoms with Crippen molar-refractivity contribution in [3.63, 3.8) is 0 Å². The standard InChI is InChI=1S/C19H32N4O3S.HI/c1-4-20-19(22-13-18-10-7-11-26-18)21-12-16-8-5-6-9-17(16)14-27(24,25)23-15(2)3;/h5-6,8-9,15,18,23H,4,7,10-14H2,1-3H3,(H2,20,21,22);1H. The minimum Gasteiger partial charge on any atom is -0.376 e. The van der Waals surface area contributed by atoms with Crippen LogP contribution in [0.1, 0.15) is 44.7 Å². The Hall–Kier alpha value is -0.910. The van der Waals surface area contributed by atoms with E-state index in [1.165, 1.54) is 0 Å². The van der Waals surface area contributed by atoms with Crippen molar-refractivity contribution in [2.24, 2.45) is 4.99 Å². The van der Waals surface area contributed by atoms with Gasteiger partial charge >= 0.3 is 0 Å². The lowest BCUT2D eigenvalue weighted by molar-refractivity contribution is 0.114. The van der Waals surface area contributed by atoms with Crippen LogP contribution in [-0.2, 0) is 27.1 Å². The number of sulfonamides is 1. The molecule has 28 heavy (non-hydrogen) atoms. The number of nitrogens with zero attached hydrogens (tertiary/aromatic N) is 1. The zero-order valence-electron chi connectivity index (χ0n) is 16.9. The van der Waals surface area contributed by atoms with E-state index < -0.39 is 10.0 Å². The molecule has 0 saturated carbocycles. The van der Waals surface area contributed by atoms with E-state index in [1.807, 2.05) is 45.0 Å². The largest absolute Gasteiger partial charge is 0.376 e. The van der Waals surface area contributed by atoms with Crippen LogP contribution in [0.2, 0.25) is 0 Å². The first kappa shape index (κ1) is 25.1. The van der Waals surface area contributed by atoms with Gasteiger partial charge in [0.15, 0.2) is 5.96 Å². The summed E-state index contributed by atoms with van der Waals surface area (Å²) in [4.78, 5) is 4.62. The third-order valence-corrected chi connectivity index (χ3v) is 5.67. The fraction of sp³-hybridized carbons (Fsp3) is 0.632. The summed E-state index contributed by atoms with van der Waals surface area (Å²) in [5.41, 5.74) is 1.67. The molecule has 0 radical (unpaired) electrons. The molecule has 7 nitrogen and oxygen atoms in total. The minimum absolute atomic E-state index is 0. The summed E-state index contributed by atoms with van der Waals surface area (Å²) in [6, 6.07) is 7.41. The maximum atomic E-state index is 12.3. The molecule has 0 aromatic heterocycles. The number of ether oxygens (including phenoxy) is 1. The topological polar surface area (TPSA) is 91.8 Å². The highest BCUT2D eigenvalue weighted by Crippen LogP contribution is 2.14. The molecule has 1 fully saturated rings. The molecular formula is C19H33IN4O3S. The molecule has 0 amide bonds. The number of nitrogens with one attached hydrogen (secondary N) is 3. The van der Waals surface area contributed by atoms with Crippen LogP contribution in [0.5, 0.6) is 0 Å². The van der Waals surface area contributed by atoms with Crippen molar-refractivity contribution in [1.82, 2.24) is 15.4 Å². The predicted octanol–water partition coefficient (Wildman–Crippen LogP) is 2.37. The number of rotatable bonds is 9. The zero-order valence-corrected chi connectivity index (χ0v) is 20.0. The van der Waals surface area contributed by atoms with Gasteiger partial charge in [0.05, 0.1) is 18.4 Å². The molecule has 1 aliphatic rings. The maximum absolute atomic E-state index is 12.3. The van der Waals surface area contributed by atoms with E-state index in [0.717, 1.165) is 43.7 Å². The van der Waals surface area contributed by atoms with Gasteiger partial charge in [-0.1, -0.05) is 24.3 Å². The van der Waals surface area contributed by atoms with Crippen molar-refractivity contribution in [3.05, 3.63) is 35.4 Å². The SMILES string of the molecule is CCNC(=NCc1ccccc1CS(=O)(=O)NC(C)C)NCC1CCCO1.I. The fourth-order valence-corrected chi connectivity index (χ4v) is 4.47. The van der Waals surface area contributed by atoms with Gasteiger partial charge < -0.3 is 15.4 Å². The Balaban J connectivity index is 0.00000392. The second-order valence-electron chi connectivity index (χ2n) is 7.01. The molecule has 3 N–H and O–H groups in total. The molecule has 0 bridgehead atoms. The molecule has 1 atom stereocenters. The Bertz CT molecular complexity index is 720. The Labute approximate surface area is 186 Å². The summed E-state index contributed by atoms with van der Waals surface area (Å²) in [7, 11) is -3.37. The van der Waals surface area contributed by atoms with E-state index in [1.54, 1.807) is 0 Å². The van der Waals surface area contributed by atoms with E-state index in [4.69, 9.17) is 4.74 Å². The third-order valence-electron chi connectivity index (χ3n) is 4.15. The lowest BCUT2D eigenvalue weighted by atomic mass is 10.1. The molecule has 1 aliphatic heterocycles. The van der Waals surface area contributed by atoms with E-state index >= 15 is 0 Å². The van der Waals surface area contributed by atoms with Crippen LogP contribution >= 0.6 is 24.0 Å². The lowest BCUT2D eigenvalue weighted by Gasteiger charge is -2.15. The predicted molar refractivity (Wildman–Crippen MR) is 125 cm³/mol. The summed E-state index contributed by atoms with van der Waals surface area (Å²) in [6.07, 6.45) is 2.40. The normalized spacial score (nSPS) is 17.4. The summed E-state index contributed by atoms with van der Waals surface area (Å²) in [5, 5.41) is 6.53. The van der Waals surface area contributed by atoms with Gasteiger partial charge in [-0.2, -0.15) is 0 Å². The first-order chi connectivity index (χ1) is 12.9. The van der Waals surface area contributed by atoms with Crippen molar-refractivity contribution in [2.75, 3.05) is 19.7 Å². The highest BCUT2D eigenvalue weighted by atomic mass is 127. The lowest BCUT2D eigenvalue weighted by Crippen LogP contribution is -2.41. The van der Waals surface area contributed by atoms with Crippen LogP contribution in [-0.4, -0.2) is 46.2 Å². The number of hydrogen-bond donors (Lipinski definition) is 3. The van der Waals surface area contributed by atoms with E-state index in [2.05, 4.69) is 20.3 Å². The van der Waals surface area contributed by atoms with Gasteiger partial charge in [0, 0.05) is 25.7 Å². The summed E-state index contributed by atoms with van der Waals surface area (Å²) >= 11 is 0. The molecule has 2 rings (SSSR count). The second-order valence-corrected chi connectivity index (χ2v) is 8.77. The number of hydrogen-bond acceptors (Lipinski definition) is 4. The van der Waals surface area contributed by atoms with Gasteiger partial charge in [-0.3, -0.25) is 0 Å². The Morgan fingerprint density at radius 2 is 1.96 bits per heavy atom. The van der Waals surface area contributed by atoms with Crippen molar-refractivity contribution < 1.29 is 13.2 Å². The molecule has 0 aliphatic carbocycles. The van der Waals surface area contributed by atoms with Gasteiger partial charge in [0.1, 0.15) is 0 Å². The summed E-state index contributed by atoms with van der Waals surface area (Å²) < 4.78 is 32.8. The van der Waals surface area contributed by atoms with Crippen LogP contribution in [0.25, 0.3) is 0 Å². The number of aliphatic imine (C=N–C) groups is 1. The Morgan fingerprint density at radius 1 is 1.25 bits per heavy atom. The average molecular weight is 524 g/mol. The molecule has 160 valence electrons. The zero-order chi connectivity index (χ0) is 19.7. The molecular weight excluding hydrogens is 491 g/mol. The van der Waals surface area contributed by atoms with Gasteiger partial charge in [-0.25, -0.2) is 18.1 Å². The monoisotopic (exact) mass is 524 g/mol. The molecule has 9 heteroatoms. The van der Waals surface area contributed by atoms with E-state index in [-0.39, 0.29) is 41.9 Å². The van der Waals surface area contributed by atoms with Crippen LogP contribution in [0.3, 0.4) is 0 Å². The van der Waals surface area contributed by atoms with E-state index in [9.17, 15) is 8.42 Å².